The molecule has 0 bridgehead atoms. The lowest BCUT2D eigenvalue weighted by Crippen LogP contribution is -2.48. The maximum atomic E-state index is 12.2. The molecule has 0 spiro atoms. The maximum absolute atomic E-state index is 12.2. The quantitative estimate of drug-likeness (QED) is 0.864. The molecule has 2 rings (SSSR count). The normalized spacial score (nSPS) is 23.7. The third-order valence-electron chi connectivity index (χ3n) is 3.51. The second-order valence-electron chi connectivity index (χ2n) is 5.00. The molecule has 0 radical (unpaired) electrons. The summed E-state index contributed by atoms with van der Waals surface area (Å²) in [5.41, 5.74) is 1.82. The molecule has 1 aromatic carbocycles. The smallest absolute Gasteiger partial charge is 0.241 e. The lowest BCUT2D eigenvalue weighted by Gasteiger charge is -2.29. The largest absolute Gasteiger partial charge is 0.324 e. The van der Waals surface area contributed by atoms with E-state index in [4.69, 9.17) is 11.6 Å². The zero-order chi connectivity index (χ0) is 13.1. The van der Waals surface area contributed by atoms with Gasteiger partial charge in [-0.1, -0.05) is 24.6 Å². The van der Waals surface area contributed by atoms with E-state index in [9.17, 15) is 4.79 Å². The number of rotatable bonds is 2. The lowest BCUT2D eigenvalue weighted by molar-refractivity contribution is -0.119. The molecular formula is C14H19ClN2O. The molecule has 0 saturated carbocycles. The van der Waals surface area contributed by atoms with E-state index in [0.717, 1.165) is 30.6 Å². The van der Waals surface area contributed by atoms with Crippen molar-refractivity contribution in [2.45, 2.75) is 32.7 Å². The third kappa shape index (κ3) is 3.03. The Kier molecular flexibility index (Phi) is 4.25. The van der Waals surface area contributed by atoms with E-state index in [0.29, 0.717) is 10.9 Å². The van der Waals surface area contributed by atoms with Crippen LogP contribution in [0.25, 0.3) is 0 Å². The highest BCUT2D eigenvalue weighted by atomic mass is 35.5. The zero-order valence-corrected chi connectivity index (χ0v) is 11.6. The number of amides is 1. The van der Waals surface area contributed by atoms with Crippen molar-refractivity contribution in [3.63, 3.8) is 0 Å². The molecule has 1 aliphatic rings. The fourth-order valence-electron chi connectivity index (χ4n) is 2.34. The van der Waals surface area contributed by atoms with E-state index < -0.39 is 0 Å². The highest BCUT2D eigenvalue weighted by Crippen LogP contribution is 2.22. The van der Waals surface area contributed by atoms with Crippen molar-refractivity contribution in [3.8, 4) is 0 Å². The summed E-state index contributed by atoms with van der Waals surface area (Å²) in [5.74, 6) is 0.408. The number of hydrogen-bond donors (Lipinski definition) is 2. The van der Waals surface area contributed by atoms with Crippen molar-refractivity contribution < 1.29 is 4.79 Å². The molecule has 98 valence electrons. The molecule has 18 heavy (non-hydrogen) atoms. The maximum Gasteiger partial charge on any atom is 0.241 e. The minimum atomic E-state index is -0.0999. The molecule has 0 aromatic heterocycles. The van der Waals surface area contributed by atoms with Crippen molar-refractivity contribution >= 4 is 23.2 Å². The molecule has 4 heteroatoms. The van der Waals surface area contributed by atoms with Crippen LogP contribution in [0.4, 0.5) is 5.69 Å². The molecule has 2 unspecified atom stereocenters. The first-order valence-corrected chi connectivity index (χ1v) is 6.76. The fourth-order valence-corrected chi connectivity index (χ4v) is 2.51. The molecule has 0 aliphatic carbocycles. The van der Waals surface area contributed by atoms with Crippen molar-refractivity contribution in [2.75, 3.05) is 11.9 Å². The highest BCUT2D eigenvalue weighted by molar-refractivity contribution is 6.31. The van der Waals surface area contributed by atoms with Gasteiger partial charge in [0.1, 0.15) is 0 Å². The first-order chi connectivity index (χ1) is 8.58. The summed E-state index contributed by atoms with van der Waals surface area (Å²) in [5, 5.41) is 6.88. The molecule has 1 amide bonds. The van der Waals surface area contributed by atoms with Crippen LogP contribution in [0.1, 0.15) is 25.3 Å². The highest BCUT2D eigenvalue weighted by Gasteiger charge is 2.27. The van der Waals surface area contributed by atoms with E-state index >= 15 is 0 Å². The first-order valence-electron chi connectivity index (χ1n) is 6.38. The van der Waals surface area contributed by atoms with E-state index in [-0.39, 0.29) is 11.9 Å². The Labute approximate surface area is 113 Å². The molecule has 3 nitrogen and oxygen atoms in total. The van der Waals surface area contributed by atoms with E-state index in [1.165, 1.54) is 0 Å². The van der Waals surface area contributed by atoms with Gasteiger partial charge in [0.2, 0.25) is 5.91 Å². The van der Waals surface area contributed by atoms with Crippen LogP contribution in [0.2, 0.25) is 5.02 Å². The van der Waals surface area contributed by atoms with Gasteiger partial charge in [-0.05, 0) is 49.9 Å². The van der Waals surface area contributed by atoms with Crippen molar-refractivity contribution in [1.82, 2.24) is 5.32 Å². The summed E-state index contributed by atoms with van der Waals surface area (Å²) in [6, 6.07) is 5.43. The fraction of sp³-hybridized carbons (Fsp3) is 0.500. The number of anilines is 1. The van der Waals surface area contributed by atoms with Gasteiger partial charge in [0.25, 0.3) is 0 Å². The van der Waals surface area contributed by atoms with Crippen molar-refractivity contribution in [1.29, 1.82) is 0 Å². The number of benzene rings is 1. The van der Waals surface area contributed by atoms with Crippen LogP contribution < -0.4 is 10.6 Å². The summed E-state index contributed by atoms with van der Waals surface area (Å²) in [4.78, 5) is 12.2. The van der Waals surface area contributed by atoms with Crippen LogP contribution in [0.5, 0.6) is 0 Å². The van der Waals surface area contributed by atoms with Gasteiger partial charge in [0.05, 0.1) is 6.04 Å². The average molecular weight is 267 g/mol. The summed E-state index contributed by atoms with van der Waals surface area (Å²) in [7, 11) is 0. The molecule has 1 saturated heterocycles. The van der Waals surface area contributed by atoms with Gasteiger partial charge in [-0.15, -0.1) is 0 Å². The minimum Gasteiger partial charge on any atom is -0.324 e. The number of halogens is 1. The van der Waals surface area contributed by atoms with Crippen molar-refractivity contribution in [3.05, 3.63) is 28.8 Å². The Morgan fingerprint density at radius 3 is 3.00 bits per heavy atom. The summed E-state index contributed by atoms with van der Waals surface area (Å²) in [6.45, 7) is 4.99. The monoisotopic (exact) mass is 266 g/mol. The summed E-state index contributed by atoms with van der Waals surface area (Å²) >= 11 is 5.95. The van der Waals surface area contributed by atoms with Gasteiger partial charge in [0.15, 0.2) is 0 Å². The number of carbonyl (C=O) groups is 1. The predicted molar refractivity (Wildman–Crippen MR) is 75.0 cm³/mol. The van der Waals surface area contributed by atoms with Gasteiger partial charge in [0, 0.05) is 10.7 Å². The molecular weight excluding hydrogens is 248 g/mol. The van der Waals surface area contributed by atoms with Crippen molar-refractivity contribution in [2.24, 2.45) is 5.92 Å². The van der Waals surface area contributed by atoms with Gasteiger partial charge >= 0.3 is 0 Å². The summed E-state index contributed by atoms with van der Waals surface area (Å²) < 4.78 is 0. The Bertz CT molecular complexity index is 447. The second-order valence-corrected chi connectivity index (χ2v) is 5.44. The van der Waals surface area contributed by atoms with E-state index in [1.54, 1.807) is 6.07 Å². The Morgan fingerprint density at radius 1 is 1.50 bits per heavy atom. The number of aryl methyl sites for hydroxylation is 1. The van der Waals surface area contributed by atoms with Crippen LogP contribution in [-0.2, 0) is 4.79 Å². The minimum absolute atomic E-state index is 0.0348. The molecule has 1 aromatic rings. The number of hydrogen-bond acceptors (Lipinski definition) is 2. The SMILES string of the molecule is Cc1ccc(Cl)cc1NC(=O)C1NCCCC1C. The summed E-state index contributed by atoms with van der Waals surface area (Å²) in [6.07, 6.45) is 2.24. The standard InChI is InChI=1S/C14H19ClN2O/c1-9-5-6-11(15)8-12(9)17-14(18)13-10(2)4-3-7-16-13/h5-6,8,10,13,16H,3-4,7H2,1-2H3,(H,17,18). The number of carbonyl (C=O) groups excluding carboxylic acids is 1. The Hall–Kier alpha value is -1.06. The Morgan fingerprint density at radius 2 is 2.28 bits per heavy atom. The first kappa shape index (κ1) is 13.4. The van der Waals surface area contributed by atoms with E-state index in [1.807, 2.05) is 19.1 Å². The topological polar surface area (TPSA) is 41.1 Å². The molecule has 1 aliphatic heterocycles. The van der Waals surface area contributed by atoms with Crippen LogP contribution >= 0.6 is 11.6 Å². The molecule has 1 fully saturated rings. The Balaban J connectivity index is 2.08. The predicted octanol–water partition coefficient (Wildman–Crippen LogP) is 2.98. The molecule has 1 heterocycles. The van der Waals surface area contributed by atoms with Crippen LogP contribution in [0.15, 0.2) is 18.2 Å². The van der Waals surface area contributed by atoms with Crippen LogP contribution in [-0.4, -0.2) is 18.5 Å². The molecule has 2 N–H and O–H groups in total. The lowest BCUT2D eigenvalue weighted by atomic mass is 9.92. The zero-order valence-electron chi connectivity index (χ0n) is 10.8. The second kappa shape index (κ2) is 5.72. The molecule has 2 atom stereocenters. The van der Waals surface area contributed by atoms with E-state index in [2.05, 4.69) is 17.6 Å². The van der Waals surface area contributed by atoms with Gasteiger partial charge in [-0.25, -0.2) is 0 Å². The number of nitrogens with one attached hydrogen (secondary N) is 2. The van der Waals surface area contributed by atoms with Gasteiger partial charge < -0.3 is 10.6 Å². The average Bonchev–Trinajstić information content (AvgIpc) is 2.34. The van der Waals surface area contributed by atoms with Gasteiger partial charge in [-0.2, -0.15) is 0 Å². The third-order valence-corrected chi connectivity index (χ3v) is 3.74. The van der Waals surface area contributed by atoms with Crippen LogP contribution in [0.3, 0.4) is 0 Å². The van der Waals surface area contributed by atoms with Crippen LogP contribution in [0, 0.1) is 12.8 Å². The van der Waals surface area contributed by atoms with Gasteiger partial charge in [-0.3, -0.25) is 4.79 Å². The number of piperidine rings is 1.